The van der Waals surface area contributed by atoms with Crippen LogP contribution in [0.25, 0.3) is 0 Å². The maximum Gasteiger partial charge on any atom is 0.407 e. The number of hydrogen-bond acceptors (Lipinski definition) is 5. The maximum atomic E-state index is 12.0. The highest BCUT2D eigenvalue weighted by Gasteiger charge is 2.19. The molecule has 0 unspecified atom stereocenters. The number of benzene rings is 1. The summed E-state index contributed by atoms with van der Waals surface area (Å²) in [6, 6.07) is 7.28. The van der Waals surface area contributed by atoms with Crippen molar-refractivity contribution in [2.24, 2.45) is 0 Å². The Morgan fingerprint density at radius 1 is 1.12 bits per heavy atom. The fourth-order valence-corrected chi connectivity index (χ4v) is 1.77. The SMILES string of the molecule is Cc1ccc(NC(=O)[C@H](C)OC(=O)CCNC(=O)OC(C)(C)C)cc1. The molecule has 1 aromatic carbocycles. The lowest BCUT2D eigenvalue weighted by Gasteiger charge is -2.19. The molecule has 25 heavy (non-hydrogen) atoms. The minimum Gasteiger partial charge on any atom is -0.452 e. The zero-order chi connectivity index (χ0) is 19.0. The topological polar surface area (TPSA) is 93.7 Å². The number of hydrogen-bond donors (Lipinski definition) is 2. The Bertz CT molecular complexity index is 605. The van der Waals surface area contributed by atoms with Crippen LogP contribution in [0.4, 0.5) is 10.5 Å². The number of carbonyl (C=O) groups is 3. The second-order valence-electron chi connectivity index (χ2n) is 6.67. The third-order valence-electron chi connectivity index (χ3n) is 2.99. The summed E-state index contributed by atoms with van der Waals surface area (Å²) >= 11 is 0. The molecule has 0 aliphatic rings. The van der Waals surface area contributed by atoms with Crippen molar-refractivity contribution in [1.82, 2.24) is 5.32 Å². The second kappa shape index (κ2) is 9.05. The van der Waals surface area contributed by atoms with Gasteiger partial charge in [0.05, 0.1) is 6.42 Å². The molecule has 0 heterocycles. The van der Waals surface area contributed by atoms with Gasteiger partial charge in [-0.2, -0.15) is 0 Å². The van der Waals surface area contributed by atoms with E-state index in [1.54, 1.807) is 32.9 Å². The summed E-state index contributed by atoms with van der Waals surface area (Å²) in [5, 5.41) is 5.12. The standard InChI is InChI=1S/C18H26N2O5/c1-12-6-8-14(9-7-12)20-16(22)13(2)24-15(21)10-11-19-17(23)25-18(3,4)5/h6-9,13H,10-11H2,1-5H3,(H,19,23)(H,20,22)/t13-/m0/s1. The lowest BCUT2D eigenvalue weighted by atomic mass is 10.2. The number of alkyl carbamates (subject to hydrolysis) is 1. The van der Waals surface area contributed by atoms with Gasteiger partial charge in [0.15, 0.2) is 6.10 Å². The summed E-state index contributed by atoms with van der Waals surface area (Å²) < 4.78 is 10.1. The smallest absolute Gasteiger partial charge is 0.407 e. The summed E-state index contributed by atoms with van der Waals surface area (Å²) in [6.45, 7) is 8.74. The molecule has 1 aromatic rings. The summed E-state index contributed by atoms with van der Waals surface area (Å²) in [7, 11) is 0. The quantitative estimate of drug-likeness (QED) is 0.770. The Kier molecular flexibility index (Phi) is 7.42. The Morgan fingerprint density at radius 3 is 2.28 bits per heavy atom. The van der Waals surface area contributed by atoms with Crippen molar-refractivity contribution < 1.29 is 23.9 Å². The molecule has 0 aliphatic carbocycles. The molecule has 0 radical (unpaired) electrons. The highest BCUT2D eigenvalue weighted by molar-refractivity contribution is 5.95. The number of aryl methyl sites for hydroxylation is 1. The first-order valence-corrected chi connectivity index (χ1v) is 8.10. The largest absolute Gasteiger partial charge is 0.452 e. The van der Waals surface area contributed by atoms with Gasteiger partial charge in [-0.25, -0.2) is 4.79 Å². The zero-order valence-corrected chi connectivity index (χ0v) is 15.3. The molecule has 1 atom stereocenters. The van der Waals surface area contributed by atoms with E-state index >= 15 is 0 Å². The highest BCUT2D eigenvalue weighted by Crippen LogP contribution is 2.10. The molecule has 0 saturated heterocycles. The number of anilines is 1. The minimum atomic E-state index is -0.935. The normalized spacial score (nSPS) is 12.0. The van der Waals surface area contributed by atoms with Gasteiger partial charge in [0.25, 0.3) is 5.91 Å². The summed E-state index contributed by atoms with van der Waals surface area (Å²) in [4.78, 5) is 35.2. The molecule has 0 spiro atoms. The van der Waals surface area contributed by atoms with Crippen molar-refractivity contribution in [2.75, 3.05) is 11.9 Å². The number of nitrogens with one attached hydrogen (secondary N) is 2. The van der Waals surface area contributed by atoms with Crippen molar-refractivity contribution in [1.29, 1.82) is 0 Å². The van der Waals surface area contributed by atoms with E-state index in [0.717, 1.165) is 5.56 Å². The van der Waals surface area contributed by atoms with Crippen molar-refractivity contribution in [3.63, 3.8) is 0 Å². The summed E-state index contributed by atoms with van der Waals surface area (Å²) in [5.41, 5.74) is 1.10. The summed E-state index contributed by atoms with van der Waals surface area (Å²) in [6.07, 6.45) is -1.60. The van der Waals surface area contributed by atoms with Crippen LogP contribution >= 0.6 is 0 Å². The molecule has 7 nitrogen and oxygen atoms in total. The number of rotatable bonds is 6. The van der Waals surface area contributed by atoms with Gasteiger partial charge in [0.1, 0.15) is 5.60 Å². The van der Waals surface area contributed by atoms with Crippen molar-refractivity contribution in [3.8, 4) is 0 Å². The van der Waals surface area contributed by atoms with Gasteiger partial charge >= 0.3 is 12.1 Å². The molecule has 2 amide bonds. The van der Waals surface area contributed by atoms with Crippen LogP contribution < -0.4 is 10.6 Å². The first-order chi connectivity index (χ1) is 11.6. The maximum absolute atomic E-state index is 12.0. The first-order valence-electron chi connectivity index (χ1n) is 8.10. The Morgan fingerprint density at radius 2 is 1.72 bits per heavy atom. The van der Waals surface area contributed by atoms with Gasteiger partial charge < -0.3 is 20.1 Å². The molecule has 0 aromatic heterocycles. The van der Waals surface area contributed by atoms with E-state index in [1.807, 2.05) is 19.1 Å². The van der Waals surface area contributed by atoms with E-state index in [0.29, 0.717) is 5.69 Å². The average molecular weight is 350 g/mol. The lowest BCUT2D eigenvalue weighted by molar-refractivity contribution is -0.153. The van der Waals surface area contributed by atoms with Crippen LogP contribution in [0.15, 0.2) is 24.3 Å². The lowest BCUT2D eigenvalue weighted by Crippen LogP contribution is -2.35. The van der Waals surface area contributed by atoms with Crippen LogP contribution in [-0.2, 0) is 19.1 Å². The molecule has 2 N–H and O–H groups in total. The summed E-state index contributed by atoms with van der Waals surface area (Å²) in [5.74, 6) is -1.00. The predicted molar refractivity (Wildman–Crippen MR) is 94.2 cm³/mol. The van der Waals surface area contributed by atoms with Crippen LogP contribution in [0.5, 0.6) is 0 Å². The molecule has 0 saturated carbocycles. The fraction of sp³-hybridized carbons (Fsp3) is 0.500. The second-order valence-corrected chi connectivity index (χ2v) is 6.67. The van der Waals surface area contributed by atoms with Gasteiger partial charge in [0.2, 0.25) is 0 Å². The molecule has 0 bridgehead atoms. The molecule has 1 rings (SSSR count). The molecule has 0 aliphatic heterocycles. The van der Waals surface area contributed by atoms with E-state index in [1.165, 1.54) is 6.92 Å². The van der Waals surface area contributed by atoms with Crippen molar-refractivity contribution in [3.05, 3.63) is 29.8 Å². The molecule has 138 valence electrons. The minimum absolute atomic E-state index is 0.0542. The number of amides is 2. The van der Waals surface area contributed by atoms with Gasteiger partial charge in [-0.1, -0.05) is 17.7 Å². The van der Waals surface area contributed by atoms with E-state index in [2.05, 4.69) is 10.6 Å². The predicted octanol–water partition coefficient (Wildman–Crippen LogP) is 2.78. The third kappa shape index (κ3) is 8.74. The van der Waals surface area contributed by atoms with Crippen molar-refractivity contribution >= 4 is 23.7 Å². The van der Waals surface area contributed by atoms with E-state index in [9.17, 15) is 14.4 Å². The number of carbonyl (C=O) groups excluding carboxylic acids is 3. The third-order valence-corrected chi connectivity index (χ3v) is 2.99. The van der Waals surface area contributed by atoms with E-state index < -0.39 is 29.7 Å². The zero-order valence-electron chi connectivity index (χ0n) is 15.3. The molecular formula is C18H26N2O5. The van der Waals surface area contributed by atoms with Crippen LogP contribution in [0, 0.1) is 6.92 Å². The van der Waals surface area contributed by atoms with Gasteiger partial charge in [0, 0.05) is 12.2 Å². The first kappa shape index (κ1) is 20.5. The molecular weight excluding hydrogens is 324 g/mol. The Balaban J connectivity index is 2.32. The molecule has 7 heteroatoms. The average Bonchev–Trinajstić information content (AvgIpc) is 2.47. The highest BCUT2D eigenvalue weighted by atomic mass is 16.6. The Hall–Kier alpha value is -2.57. The fourth-order valence-electron chi connectivity index (χ4n) is 1.77. The van der Waals surface area contributed by atoms with E-state index in [4.69, 9.17) is 9.47 Å². The van der Waals surface area contributed by atoms with Gasteiger partial charge in [-0.05, 0) is 46.8 Å². The van der Waals surface area contributed by atoms with Crippen molar-refractivity contribution in [2.45, 2.75) is 52.7 Å². The van der Waals surface area contributed by atoms with Crippen LogP contribution in [0.1, 0.15) is 39.7 Å². The van der Waals surface area contributed by atoms with E-state index in [-0.39, 0.29) is 13.0 Å². The molecule has 0 fully saturated rings. The van der Waals surface area contributed by atoms with Gasteiger partial charge in [-0.15, -0.1) is 0 Å². The number of esters is 1. The number of ether oxygens (including phenoxy) is 2. The van der Waals surface area contributed by atoms with Gasteiger partial charge in [-0.3, -0.25) is 9.59 Å². The van der Waals surface area contributed by atoms with Crippen LogP contribution in [0.3, 0.4) is 0 Å². The Labute approximate surface area is 148 Å². The monoisotopic (exact) mass is 350 g/mol. The van der Waals surface area contributed by atoms with Crippen LogP contribution in [-0.4, -0.2) is 36.2 Å². The van der Waals surface area contributed by atoms with Crippen LogP contribution in [0.2, 0.25) is 0 Å².